The van der Waals surface area contributed by atoms with Gasteiger partial charge in [0.15, 0.2) is 0 Å². The summed E-state index contributed by atoms with van der Waals surface area (Å²) in [6, 6.07) is 12.8. The number of nitrogens with zero attached hydrogens (tertiary/aromatic N) is 3. The molecule has 0 radical (unpaired) electrons. The van der Waals surface area contributed by atoms with Crippen LogP contribution in [0.3, 0.4) is 0 Å². The summed E-state index contributed by atoms with van der Waals surface area (Å²) in [6.07, 6.45) is 4.49. The normalized spacial score (nSPS) is 18.8. The molecule has 0 aliphatic carbocycles. The number of aliphatic hydroxyl groups is 1. The third kappa shape index (κ3) is 5.04. The maximum absolute atomic E-state index is 9.54. The van der Waals surface area contributed by atoms with Crippen molar-refractivity contribution < 1.29 is 9.84 Å². The summed E-state index contributed by atoms with van der Waals surface area (Å²) in [5.41, 5.74) is 2.51. The fourth-order valence-electron chi connectivity index (χ4n) is 3.63. The van der Waals surface area contributed by atoms with E-state index in [0.29, 0.717) is 12.6 Å². The molecule has 1 fully saturated rings. The zero-order valence-electron chi connectivity index (χ0n) is 15.6. The van der Waals surface area contributed by atoms with Gasteiger partial charge in [0.05, 0.1) is 6.61 Å². The number of pyridine rings is 1. The standard InChI is InChI=1S/C21H29N3O2/c1-2-26-21-6-4-3-5-19(21)16-24-13-12-23(17-20(24)9-14-25)15-18-7-10-22-11-8-18/h3-8,10-11,20,25H,2,9,12-17H2,1H3/t20-/m1/s1. The van der Waals surface area contributed by atoms with Gasteiger partial charge >= 0.3 is 0 Å². The number of hydrogen-bond acceptors (Lipinski definition) is 5. The highest BCUT2D eigenvalue weighted by Gasteiger charge is 2.27. The quantitative estimate of drug-likeness (QED) is 0.789. The van der Waals surface area contributed by atoms with E-state index in [-0.39, 0.29) is 6.61 Å². The molecule has 5 heteroatoms. The fraction of sp³-hybridized carbons (Fsp3) is 0.476. The van der Waals surface area contributed by atoms with Crippen molar-refractivity contribution in [2.24, 2.45) is 0 Å². The molecule has 1 aliphatic rings. The predicted molar refractivity (Wildman–Crippen MR) is 103 cm³/mol. The topological polar surface area (TPSA) is 48.8 Å². The van der Waals surface area contributed by atoms with Gasteiger partial charge in [-0.25, -0.2) is 0 Å². The van der Waals surface area contributed by atoms with Gasteiger partial charge in [-0.3, -0.25) is 14.8 Å². The first-order valence-corrected chi connectivity index (χ1v) is 9.47. The van der Waals surface area contributed by atoms with Crippen molar-refractivity contribution >= 4 is 0 Å². The lowest BCUT2D eigenvalue weighted by Crippen LogP contribution is -2.52. The number of hydrogen-bond donors (Lipinski definition) is 1. The summed E-state index contributed by atoms with van der Waals surface area (Å²) >= 11 is 0. The summed E-state index contributed by atoms with van der Waals surface area (Å²) in [5, 5.41) is 9.54. The first-order chi connectivity index (χ1) is 12.8. The van der Waals surface area contributed by atoms with E-state index in [0.717, 1.165) is 44.9 Å². The second kappa shape index (κ2) is 9.67. The van der Waals surface area contributed by atoms with Crippen molar-refractivity contribution in [3.63, 3.8) is 0 Å². The molecule has 1 saturated heterocycles. The van der Waals surface area contributed by atoms with Gasteiger partial charge in [-0.2, -0.15) is 0 Å². The van der Waals surface area contributed by atoms with Gasteiger partial charge in [-0.05, 0) is 37.1 Å². The van der Waals surface area contributed by atoms with E-state index in [9.17, 15) is 5.11 Å². The highest BCUT2D eigenvalue weighted by molar-refractivity contribution is 5.33. The lowest BCUT2D eigenvalue weighted by Gasteiger charge is -2.41. The smallest absolute Gasteiger partial charge is 0.123 e. The second-order valence-electron chi connectivity index (χ2n) is 6.77. The SMILES string of the molecule is CCOc1ccccc1CN1CCN(Cc2ccncc2)C[C@H]1CCO. The van der Waals surface area contributed by atoms with Crippen LogP contribution in [0.5, 0.6) is 5.75 Å². The van der Waals surface area contributed by atoms with Crippen molar-refractivity contribution in [1.29, 1.82) is 0 Å². The van der Waals surface area contributed by atoms with E-state index in [1.165, 1.54) is 11.1 Å². The summed E-state index contributed by atoms with van der Waals surface area (Å²) in [6.45, 7) is 7.71. The molecule has 1 aliphatic heterocycles. The lowest BCUT2D eigenvalue weighted by atomic mass is 10.1. The van der Waals surface area contributed by atoms with Crippen LogP contribution in [-0.2, 0) is 13.1 Å². The predicted octanol–water partition coefficient (Wildman–Crippen LogP) is 2.55. The molecule has 1 N–H and O–H groups in total. The van der Waals surface area contributed by atoms with Crippen LogP contribution in [0.15, 0.2) is 48.8 Å². The van der Waals surface area contributed by atoms with E-state index < -0.39 is 0 Å². The Morgan fingerprint density at radius 1 is 1.12 bits per heavy atom. The molecular weight excluding hydrogens is 326 g/mol. The van der Waals surface area contributed by atoms with Crippen molar-refractivity contribution in [2.75, 3.05) is 32.8 Å². The van der Waals surface area contributed by atoms with Gasteiger partial charge in [-0.15, -0.1) is 0 Å². The van der Waals surface area contributed by atoms with Crippen LogP contribution in [0.2, 0.25) is 0 Å². The highest BCUT2D eigenvalue weighted by atomic mass is 16.5. The number of ether oxygens (including phenoxy) is 1. The largest absolute Gasteiger partial charge is 0.494 e. The van der Waals surface area contributed by atoms with Crippen molar-refractivity contribution in [1.82, 2.24) is 14.8 Å². The monoisotopic (exact) mass is 355 g/mol. The molecule has 1 atom stereocenters. The van der Waals surface area contributed by atoms with Gasteiger partial charge in [0.2, 0.25) is 0 Å². The van der Waals surface area contributed by atoms with Crippen LogP contribution >= 0.6 is 0 Å². The van der Waals surface area contributed by atoms with Crippen molar-refractivity contribution in [2.45, 2.75) is 32.5 Å². The summed E-state index contributed by atoms with van der Waals surface area (Å²) in [5.74, 6) is 0.969. The Morgan fingerprint density at radius 3 is 2.69 bits per heavy atom. The summed E-state index contributed by atoms with van der Waals surface area (Å²) in [7, 11) is 0. The minimum Gasteiger partial charge on any atom is -0.494 e. The molecule has 0 spiro atoms. The van der Waals surface area contributed by atoms with E-state index in [1.54, 1.807) is 0 Å². The molecule has 0 amide bonds. The fourth-order valence-corrected chi connectivity index (χ4v) is 3.63. The molecule has 3 rings (SSSR count). The average molecular weight is 355 g/mol. The third-order valence-corrected chi connectivity index (χ3v) is 4.95. The van der Waals surface area contributed by atoms with Gasteiger partial charge in [-0.1, -0.05) is 18.2 Å². The zero-order chi connectivity index (χ0) is 18.2. The van der Waals surface area contributed by atoms with Gasteiger partial charge in [0, 0.05) is 63.3 Å². The van der Waals surface area contributed by atoms with Crippen LogP contribution in [0.25, 0.3) is 0 Å². The van der Waals surface area contributed by atoms with E-state index in [1.807, 2.05) is 31.5 Å². The van der Waals surface area contributed by atoms with Gasteiger partial charge in [0.1, 0.15) is 5.75 Å². The van der Waals surface area contributed by atoms with E-state index >= 15 is 0 Å². The highest BCUT2D eigenvalue weighted by Crippen LogP contribution is 2.23. The van der Waals surface area contributed by atoms with Crippen LogP contribution < -0.4 is 4.74 Å². The van der Waals surface area contributed by atoms with E-state index in [4.69, 9.17) is 4.74 Å². The lowest BCUT2D eigenvalue weighted by molar-refractivity contribution is 0.0494. The molecule has 1 aromatic heterocycles. The number of aromatic nitrogens is 1. The maximum Gasteiger partial charge on any atom is 0.123 e. The third-order valence-electron chi connectivity index (χ3n) is 4.95. The Morgan fingerprint density at radius 2 is 1.92 bits per heavy atom. The molecule has 0 bridgehead atoms. The molecule has 5 nitrogen and oxygen atoms in total. The Hall–Kier alpha value is -1.95. The molecule has 2 aromatic rings. The molecule has 2 heterocycles. The molecule has 0 unspecified atom stereocenters. The number of aliphatic hydroxyl groups excluding tert-OH is 1. The number of rotatable bonds is 8. The average Bonchev–Trinajstić information content (AvgIpc) is 2.66. The summed E-state index contributed by atoms with van der Waals surface area (Å²) < 4.78 is 5.78. The Labute approximate surface area is 156 Å². The molecular formula is C21H29N3O2. The Balaban J connectivity index is 1.65. The first-order valence-electron chi connectivity index (χ1n) is 9.47. The van der Waals surface area contributed by atoms with Crippen molar-refractivity contribution in [3.8, 4) is 5.75 Å². The Kier molecular flexibility index (Phi) is 7.00. The number of para-hydroxylation sites is 1. The molecule has 140 valence electrons. The minimum absolute atomic E-state index is 0.220. The van der Waals surface area contributed by atoms with Crippen LogP contribution in [0, 0.1) is 0 Å². The first kappa shape index (κ1) is 18.8. The van der Waals surface area contributed by atoms with Crippen LogP contribution in [0.4, 0.5) is 0 Å². The molecule has 0 saturated carbocycles. The maximum atomic E-state index is 9.54. The minimum atomic E-state index is 0.220. The van der Waals surface area contributed by atoms with E-state index in [2.05, 4.69) is 39.0 Å². The summed E-state index contributed by atoms with van der Waals surface area (Å²) in [4.78, 5) is 9.05. The van der Waals surface area contributed by atoms with Crippen molar-refractivity contribution in [3.05, 3.63) is 59.9 Å². The Bertz CT molecular complexity index is 665. The zero-order valence-corrected chi connectivity index (χ0v) is 15.6. The molecule has 1 aromatic carbocycles. The van der Waals surface area contributed by atoms with Gasteiger partial charge in [0.25, 0.3) is 0 Å². The number of benzene rings is 1. The second-order valence-corrected chi connectivity index (χ2v) is 6.77. The number of piperazine rings is 1. The van der Waals surface area contributed by atoms with Crippen LogP contribution in [-0.4, -0.2) is 58.8 Å². The molecule has 26 heavy (non-hydrogen) atoms. The van der Waals surface area contributed by atoms with Gasteiger partial charge < -0.3 is 9.84 Å². The van der Waals surface area contributed by atoms with Crippen LogP contribution in [0.1, 0.15) is 24.5 Å².